The van der Waals surface area contributed by atoms with Gasteiger partial charge in [0.15, 0.2) is 11.4 Å². The van der Waals surface area contributed by atoms with Crippen LogP contribution in [0.25, 0.3) is 11.6 Å². The van der Waals surface area contributed by atoms with Gasteiger partial charge in [0.1, 0.15) is 45.1 Å². The molecule has 17 heteroatoms. The van der Waals surface area contributed by atoms with E-state index in [1.807, 2.05) is 27.7 Å². The monoisotopic (exact) mass is 715 g/mol. The molecule has 0 saturated heterocycles. The number of methoxy groups -OCH3 is 1. The number of aromatic nitrogens is 4. The SMILES string of the molecule is COC(=O)c1coc([C@H](C)NC(=O)c2nc(-c3csc([C@@H](NC(=O)c4csc([C@@H](NC(=O)OC(C)(C)C)C(C)C)n4)C(C)C)n3)oc2C)n1. The molecule has 0 radical (unpaired) electrons. The van der Waals surface area contributed by atoms with Crippen LogP contribution in [0.4, 0.5) is 4.79 Å². The van der Waals surface area contributed by atoms with Gasteiger partial charge in [0.25, 0.3) is 11.8 Å². The molecule has 4 heterocycles. The molecule has 49 heavy (non-hydrogen) atoms. The lowest BCUT2D eigenvalue weighted by molar-refractivity contribution is 0.0488. The molecule has 3 N–H and O–H groups in total. The lowest BCUT2D eigenvalue weighted by atomic mass is 10.0. The molecule has 4 aromatic rings. The maximum atomic E-state index is 13.4. The molecule has 3 amide bonds. The molecular formula is C32H41N7O8S2. The van der Waals surface area contributed by atoms with Crippen LogP contribution in [0.1, 0.15) is 127 Å². The van der Waals surface area contributed by atoms with Gasteiger partial charge < -0.3 is 34.3 Å². The summed E-state index contributed by atoms with van der Waals surface area (Å²) in [7, 11) is 1.23. The lowest BCUT2D eigenvalue weighted by Crippen LogP contribution is -2.37. The first-order valence-electron chi connectivity index (χ1n) is 15.5. The van der Waals surface area contributed by atoms with Gasteiger partial charge in [-0.05, 0) is 46.5 Å². The molecule has 3 atom stereocenters. The molecule has 0 bridgehead atoms. The van der Waals surface area contributed by atoms with Crippen molar-refractivity contribution in [1.82, 2.24) is 35.9 Å². The van der Waals surface area contributed by atoms with Crippen molar-refractivity contribution in [3.63, 3.8) is 0 Å². The van der Waals surface area contributed by atoms with Crippen molar-refractivity contribution in [3.8, 4) is 11.6 Å². The smallest absolute Gasteiger partial charge is 0.408 e. The highest BCUT2D eigenvalue weighted by Gasteiger charge is 2.29. The first-order valence-corrected chi connectivity index (χ1v) is 17.3. The Morgan fingerprint density at radius 1 is 0.816 bits per heavy atom. The van der Waals surface area contributed by atoms with Gasteiger partial charge in [0.2, 0.25) is 11.8 Å². The molecule has 4 rings (SSSR count). The van der Waals surface area contributed by atoms with Gasteiger partial charge in [-0.1, -0.05) is 27.7 Å². The molecule has 0 aromatic carbocycles. The number of carbonyl (C=O) groups excluding carboxylic acids is 4. The highest BCUT2D eigenvalue weighted by Crippen LogP contribution is 2.31. The maximum absolute atomic E-state index is 13.4. The second-order valence-electron chi connectivity index (χ2n) is 12.9. The molecule has 0 aliphatic carbocycles. The van der Waals surface area contributed by atoms with Gasteiger partial charge in [-0.2, -0.15) is 0 Å². The Morgan fingerprint density at radius 2 is 1.45 bits per heavy atom. The number of carbonyl (C=O) groups is 4. The van der Waals surface area contributed by atoms with Crippen LogP contribution in [0.5, 0.6) is 0 Å². The summed E-state index contributed by atoms with van der Waals surface area (Å²) in [4.78, 5) is 68.2. The molecule has 0 spiro atoms. The van der Waals surface area contributed by atoms with E-state index < -0.39 is 41.7 Å². The number of ether oxygens (including phenoxy) is 2. The van der Waals surface area contributed by atoms with E-state index in [9.17, 15) is 19.2 Å². The molecular weight excluding hydrogens is 675 g/mol. The maximum Gasteiger partial charge on any atom is 0.408 e. The molecule has 0 saturated carbocycles. The van der Waals surface area contributed by atoms with Crippen molar-refractivity contribution in [2.75, 3.05) is 7.11 Å². The number of amides is 3. The van der Waals surface area contributed by atoms with Crippen molar-refractivity contribution in [2.24, 2.45) is 11.8 Å². The van der Waals surface area contributed by atoms with Crippen molar-refractivity contribution in [2.45, 2.75) is 86.0 Å². The fourth-order valence-corrected chi connectivity index (χ4v) is 6.50. The number of nitrogens with one attached hydrogen (secondary N) is 3. The third kappa shape index (κ3) is 9.29. The van der Waals surface area contributed by atoms with Crippen LogP contribution >= 0.6 is 22.7 Å². The lowest BCUT2D eigenvalue weighted by Gasteiger charge is -2.24. The largest absolute Gasteiger partial charge is 0.464 e. The number of hydrogen-bond donors (Lipinski definition) is 3. The Labute approximate surface area is 291 Å². The Balaban J connectivity index is 1.45. The predicted octanol–water partition coefficient (Wildman–Crippen LogP) is 6.18. The summed E-state index contributed by atoms with van der Waals surface area (Å²) in [5.74, 6) is -1.10. The number of alkyl carbamates (subject to hydrolysis) is 1. The van der Waals surface area contributed by atoms with Crippen molar-refractivity contribution in [1.29, 1.82) is 0 Å². The van der Waals surface area contributed by atoms with Crippen LogP contribution in [-0.2, 0) is 9.47 Å². The first-order chi connectivity index (χ1) is 23.0. The highest BCUT2D eigenvalue weighted by molar-refractivity contribution is 7.10. The molecule has 264 valence electrons. The fourth-order valence-electron chi connectivity index (χ4n) is 4.47. The Kier molecular flexibility index (Phi) is 11.6. The minimum atomic E-state index is -0.682. The standard InChI is InChI=1S/C32H41N7O8S2/c1-14(2)21(37-24(40)19-12-48-29(35-19)22(15(3)4)39-31(43)47-32(7,8)9)28-36-20(13-49-28)27-38-23(17(6)46-27)25(41)33-16(5)26-34-18(11-45-26)30(42)44-10/h11-16,21-22H,1-10H3,(H,33,41)(H,37,40)(H,39,43)/t16-,21-,22-/m0/s1. The number of thiazole rings is 2. The quantitative estimate of drug-likeness (QED) is 0.141. The summed E-state index contributed by atoms with van der Waals surface area (Å²) >= 11 is 2.60. The van der Waals surface area contributed by atoms with Crippen molar-refractivity contribution in [3.05, 3.63) is 55.8 Å². The minimum Gasteiger partial charge on any atom is -0.464 e. The van der Waals surface area contributed by atoms with E-state index in [1.165, 1.54) is 29.8 Å². The average Bonchev–Trinajstić information content (AvgIpc) is 3.83. The normalized spacial score (nSPS) is 13.6. The zero-order valence-corrected chi connectivity index (χ0v) is 30.6. The molecule has 15 nitrogen and oxygen atoms in total. The van der Waals surface area contributed by atoms with E-state index in [1.54, 1.807) is 45.4 Å². The number of rotatable bonds is 12. The topological polar surface area (TPSA) is 201 Å². The third-order valence-corrected chi connectivity index (χ3v) is 8.82. The van der Waals surface area contributed by atoms with E-state index in [4.69, 9.17) is 13.6 Å². The van der Waals surface area contributed by atoms with Gasteiger partial charge in [-0.15, -0.1) is 22.7 Å². The molecule has 0 unspecified atom stereocenters. The zero-order chi connectivity index (χ0) is 36.2. The van der Waals surface area contributed by atoms with E-state index >= 15 is 0 Å². The zero-order valence-electron chi connectivity index (χ0n) is 29.0. The van der Waals surface area contributed by atoms with Crippen LogP contribution in [0.3, 0.4) is 0 Å². The van der Waals surface area contributed by atoms with Crippen molar-refractivity contribution >= 4 is 46.6 Å². The molecule has 4 aromatic heterocycles. The molecule has 0 fully saturated rings. The van der Waals surface area contributed by atoms with Crippen molar-refractivity contribution < 1.29 is 37.5 Å². The summed E-state index contributed by atoms with van der Waals surface area (Å²) < 4.78 is 21.1. The van der Waals surface area contributed by atoms with Gasteiger partial charge in [-0.3, -0.25) is 9.59 Å². The number of hydrogen-bond acceptors (Lipinski definition) is 14. The van der Waals surface area contributed by atoms with Crippen LogP contribution < -0.4 is 16.0 Å². The second-order valence-corrected chi connectivity index (χ2v) is 14.7. The molecule has 0 aliphatic heterocycles. The summed E-state index contributed by atoms with van der Waals surface area (Å²) in [5, 5.41) is 13.2. The van der Waals surface area contributed by atoms with Gasteiger partial charge in [0, 0.05) is 10.8 Å². The molecule has 0 aliphatic rings. The Bertz CT molecular complexity index is 1800. The fraction of sp³-hybridized carbons (Fsp3) is 0.500. The highest BCUT2D eigenvalue weighted by atomic mass is 32.1. The van der Waals surface area contributed by atoms with Crippen LogP contribution in [-0.4, -0.2) is 56.5 Å². The Hall–Kier alpha value is -4.64. The number of aryl methyl sites for hydroxylation is 1. The van der Waals surface area contributed by atoms with Gasteiger partial charge in [-0.25, -0.2) is 29.5 Å². The van der Waals surface area contributed by atoms with E-state index in [0.717, 1.165) is 6.26 Å². The van der Waals surface area contributed by atoms with Gasteiger partial charge >= 0.3 is 12.1 Å². The second kappa shape index (κ2) is 15.3. The third-order valence-electron chi connectivity index (χ3n) is 6.97. The Morgan fingerprint density at radius 3 is 2.08 bits per heavy atom. The first kappa shape index (κ1) is 37.2. The average molecular weight is 716 g/mol. The summed E-state index contributed by atoms with van der Waals surface area (Å²) in [5.41, 5.74) is -0.00313. The summed E-state index contributed by atoms with van der Waals surface area (Å²) in [6.45, 7) is 16.4. The minimum absolute atomic E-state index is 0.00479. The van der Waals surface area contributed by atoms with E-state index in [2.05, 4.69) is 40.6 Å². The predicted molar refractivity (Wildman–Crippen MR) is 180 cm³/mol. The number of esters is 1. The van der Waals surface area contributed by atoms with Crippen LogP contribution in [0, 0.1) is 18.8 Å². The summed E-state index contributed by atoms with van der Waals surface area (Å²) in [6, 6.07) is -1.59. The number of oxazole rings is 2. The van der Waals surface area contributed by atoms with Crippen LogP contribution in [0.2, 0.25) is 0 Å². The van der Waals surface area contributed by atoms with E-state index in [0.29, 0.717) is 15.7 Å². The van der Waals surface area contributed by atoms with Crippen LogP contribution in [0.15, 0.2) is 25.9 Å². The van der Waals surface area contributed by atoms with Gasteiger partial charge in [0.05, 0.1) is 19.2 Å². The van der Waals surface area contributed by atoms with E-state index in [-0.39, 0.29) is 52.4 Å². The number of nitrogens with zero attached hydrogens (tertiary/aromatic N) is 4. The summed E-state index contributed by atoms with van der Waals surface area (Å²) in [6.07, 6.45) is 0.593.